The van der Waals surface area contributed by atoms with Crippen molar-refractivity contribution in [2.45, 2.75) is 0 Å². The number of rotatable bonds is 4. The lowest BCUT2D eigenvalue weighted by atomic mass is 10.5. The van der Waals surface area contributed by atoms with Crippen molar-refractivity contribution in [1.82, 2.24) is 0 Å². The van der Waals surface area contributed by atoms with Crippen LogP contribution in [-0.2, 0) is 14.2 Å². The maximum Gasteiger partial charge on any atom is 0.280 e. The van der Waals surface area contributed by atoms with Crippen molar-refractivity contribution < 1.29 is 14.2 Å². The average Bonchev–Trinajstić information content (AvgIpc) is 2.05. The summed E-state index contributed by atoms with van der Waals surface area (Å²) in [5, 5.41) is 0.900. The van der Waals surface area contributed by atoms with E-state index in [9.17, 15) is 0 Å². The minimum Gasteiger partial charge on any atom is -0.497 e. The van der Waals surface area contributed by atoms with Gasteiger partial charge in [-0.1, -0.05) is 6.58 Å². The summed E-state index contributed by atoms with van der Waals surface area (Å²) in [7, 11) is 5.47. The van der Waals surface area contributed by atoms with E-state index in [1.54, 1.807) is 21.3 Å². The van der Waals surface area contributed by atoms with Gasteiger partial charge in [-0.3, -0.25) is 0 Å². The van der Waals surface area contributed by atoms with Crippen LogP contribution in [0.3, 0.4) is 0 Å². The van der Waals surface area contributed by atoms with E-state index in [-0.39, 0.29) is 0 Å². The van der Waals surface area contributed by atoms with Gasteiger partial charge in [-0.2, -0.15) is 0 Å². The van der Waals surface area contributed by atoms with Gasteiger partial charge >= 0.3 is 0 Å². The first kappa shape index (κ1) is 10.1. The van der Waals surface area contributed by atoms with Crippen molar-refractivity contribution in [3.8, 4) is 0 Å². The van der Waals surface area contributed by atoms with E-state index in [1.165, 1.54) is 0 Å². The molecule has 0 aromatic heterocycles. The molecule has 0 aliphatic carbocycles. The normalized spacial score (nSPS) is 8.64. The summed E-state index contributed by atoms with van der Waals surface area (Å²) in [5.74, 6) is 1.10. The minimum atomic E-state index is 0.489. The Labute approximate surface area is 70.1 Å². The van der Waals surface area contributed by atoms with Gasteiger partial charge in [-0.15, -0.1) is 0 Å². The van der Waals surface area contributed by atoms with E-state index in [2.05, 4.69) is 6.58 Å². The molecule has 0 radical (unpaired) electrons. The fraction of sp³-hybridized carbons (Fsp3) is 0.429. The molecule has 0 aliphatic rings. The first-order valence-corrected chi connectivity index (χ1v) is 4.19. The number of methoxy groups -OCH3 is 3. The average molecular weight is 174 g/mol. The largest absolute Gasteiger partial charge is 0.497 e. The Hall–Kier alpha value is -0.903. The van der Waals surface area contributed by atoms with Gasteiger partial charge in [0.2, 0.25) is 0 Å². The fourth-order valence-electron chi connectivity index (χ4n) is 0.656. The van der Waals surface area contributed by atoms with Crippen molar-refractivity contribution >= 4 is 10.2 Å². The van der Waals surface area contributed by atoms with Crippen LogP contribution in [0.25, 0.3) is 0 Å². The van der Waals surface area contributed by atoms with E-state index in [0.717, 1.165) is 15.4 Å². The molecule has 0 amide bonds. The molecule has 0 N–H and O–H groups in total. The second kappa shape index (κ2) is 4.84. The predicted molar refractivity (Wildman–Crippen MR) is 47.1 cm³/mol. The molecule has 64 valence electrons. The van der Waals surface area contributed by atoms with Gasteiger partial charge in [0.15, 0.2) is 0 Å². The number of ether oxygens (including phenoxy) is 3. The van der Waals surface area contributed by atoms with Crippen molar-refractivity contribution in [2.24, 2.45) is 0 Å². The number of hydrogen-bond donors (Lipinski definition) is 0. The topological polar surface area (TPSA) is 27.7 Å². The van der Waals surface area contributed by atoms with Gasteiger partial charge in [0.05, 0.1) is 31.6 Å². The molecule has 0 saturated heterocycles. The summed E-state index contributed by atoms with van der Waals surface area (Å²) in [6.45, 7) is 3.68. The van der Waals surface area contributed by atoms with Gasteiger partial charge in [0.25, 0.3) is 5.95 Å². The van der Waals surface area contributed by atoms with E-state index in [0.29, 0.717) is 11.7 Å². The van der Waals surface area contributed by atoms with Crippen LogP contribution in [0, 0.1) is 0 Å². The number of allylic oxidation sites excluding steroid dienone is 1. The van der Waals surface area contributed by atoms with E-state index in [4.69, 9.17) is 14.2 Å². The van der Waals surface area contributed by atoms with Crippen LogP contribution in [0.4, 0.5) is 0 Å². The second-order valence-electron chi connectivity index (χ2n) is 1.95. The van der Waals surface area contributed by atoms with Gasteiger partial charge in [0.1, 0.15) is 5.76 Å². The molecular formula is C7H14O3Si. The number of hydrogen-bond acceptors (Lipinski definition) is 3. The molecule has 0 fully saturated rings. The zero-order valence-electron chi connectivity index (χ0n) is 7.43. The van der Waals surface area contributed by atoms with Crippen molar-refractivity contribution in [3.05, 3.63) is 23.5 Å². The Morgan fingerprint density at radius 3 is 1.82 bits per heavy atom. The van der Waals surface area contributed by atoms with Crippen LogP contribution in [0.5, 0.6) is 0 Å². The Morgan fingerprint density at radius 1 is 1.09 bits per heavy atom. The SMILES string of the molecule is C=C(OC)C([SiH3])=C(OC)OC. The summed E-state index contributed by atoms with van der Waals surface area (Å²) in [6.07, 6.45) is 0. The molecule has 0 unspecified atom stereocenters. The highest BCUT2D eigenvalue weighted by Gasteiger charge is 2.05. The van der Waals surface area contributed by atoms with Crippen LogP contribution >= 0.6 is 0 Å². The lowest BCUT2D eigenvalue weighted by molar-refractivity contribution is 0.0916. The Morgan fingerprint density at radius 2 is 1.55 bits per heavy atom. The molecule has 0 rings (SSSR count). The zero-order chi connectivity index (χ0) is 8.85. The van der Waals surface area contributed by atoms with Crippen LogP contribution in [0.2, 0.25) is 0 Å². The minimum absolute atomic E-state index is 0.489. The second-order valence-corrected chi connectivity index (χ2v) is 2.95. The Kier molecular flexibility index (Phi) is 4.45. The highest BCUT2D eigenvalue weighted by molar-refractivity contribution is 6.24. The van der Waals surface area contributed by atoms with Crippen LogP contribution in [0.15, 0.2) is 23.5 Å². The van der Waals surface area contributed by atoms with Crippen LogP contribution < -0.4 is 0 Å². The molecule has 0 aliphatic heterocycles. The molecular weight excluding hydrogens is 160 g/mol. The van der Waals surface area contributed by atoms with Gasteiger partial charge < -0.3 is 14.2 Å². The first-order chi connectivity index (χ1) is 5.17. The van der Waals surface area contributed by atoms with E-state index >= 15 is 0 Å². The lowest BCUT2D eigenvalue weighted by Gasteiger charge is -2.09. The van der Waals surface area contributed by atoms with Crippen LogP contribution in [-0.4, -0.2) is 31.6 Å². The Bertz CT molecular complexity index is 169. The smallest absolute Gasteiger partial charge is 0.280 e. The third-order valence-corrected chi connectivity index (χ3v) is 2.31. The van der Waals surface area contributed by atoms with Crippen molar-refractivity contribution in [1.29, 1.82) is 0 Å². The first-order valence-electron chi connectivity index (χ1n) is 3.19. The summed E-state index contributed by atoms with van der Waals surface area (Å²) in [5.41, 5.74) is 0. The maximum absolute atomic E-state index is 4.94. The lowest BCUT2D eigenvalue weighted by Crippen LogP contribution is -2.00. The standard InChI is InChI=1S/C7H14O3Si/c1-5(8-2)6(11)7(9-3)10-4/h1H2,2-4,11H3. The highest BCUT2D eigenvalue weighted by atomic mass is 28.1. The molecule has 0 aromatic rings. The molecule has 0 spiro atoms. The molecule has 0 atom stereocenters. The molecule has 3 nitrogen and oxygen atoms in total. The van der Waals surface area contributed by atoms with E-state index in [1.807, 2.05) is 0 Å². The third kappa shape index (κ3) is 2.67. The molecule has 0 aromatic carbocycles. The van der Waals surface area contributed by atoms with Crippen molar-refractivity contribution in [3.63, 3.8) is 0 Å². The van der Waals surface area contributed by atoms with Gasteiger partial charge in [0, 0.05) is 5.20 Å². The zero-order valence-corrected chi connectivity index (χ0v) is 9.43. The summed E-state index contributed by atoms with van der Waals surface area (Å²) < 4.78 is 14.8. The highest BCUT2D eigenvalue weighted by Crippen LogP contribution is 2.10. The van der Waals surface area contributed by atoms with Gasteiger partial charge in [-0.05, 0) is 0 Å². The summed E-state index contributed by atoms with van der Waals surface area (Å²) >= 11 is 0. The predicted octanol–water partition coefficient (Wildman–Crippen LogP) is -0.0262. The maximum atomic E-state index is 4.94. The Balaban J connectivity index is 4.46. The molecule has 0 saturated carbocycles. The van der Waals surface area contributed by atoms with Gasteiger partial charge in [-0.25, -0.2) is 0 Å². The third-order valence-electron chi connectivity index (χ3n) is 1.34. The fourth-order valence-corrected chi connectivity index (χ4v) is 1.27. The molecule has 11 heavy (non-hydrogen) atoms. The monoisotopic (exact) mass is 174 g/mol. The van der Waals surface area contributed by atoms with E-state index < -0.39 is 0 Å². The summed E-state index contributed by atoms with van der Waals surface area (Å²) in [6, 6.07) is 0. The van der Waals surface area contributed by atoms with Crippen LogP contribution in [0.1, 0.15) is 0 Å². The quantitative estimate of drug-likeness (QED) is 0.340. The molecule has 0 heterocycles. The molecule has 4 heteroatoms. The summed E-state index contributed by atoms with van der Waals surface area (Å²) in [4.78, 5) is 0. The molecule has 0 bridgehead atoms. The van der Waals surface area contributed by atoms with Crippen molar-refractivity contribution in [2.75, 3.05) is 21.3 Å².